The fourth-order valence-corrected chi connectivity index (χ4v) is 1.88. The molecule has 4 nitrogen and oxygen atoms in total. The zero-order chi connectivity index (χ0) is 14.8. The normalized spacial score (nSPS) is 12.4. The van der Waals surface area contributed by atoms with Crippen LogP contribution in [-0.2, 0) is 11.3 Å². The third-order valence-electron chi connectivity index (χ3n) is 2.90. The van der Waals surface area contributed by atoms with Gasteiger partial charge in [-0.05, 0) is 32.9 Å². The first-order chi connectivity index (χ1) is 9.67. The van der Waals surface area contributed by atoms with Crippen molar-refractivity contribution >= 4 is 0 Å². The van der Waals surface area contributed by atoms with Crippen molar-refractivity contribution in [1.82, 2.24) is 5.32 Å². The number of ether oxygens (including phenoxy) is 2. The van der Waals surface area contributed by atoms with Crippen LogP contribution in [0.3, 0.4) is 0 Å². The van der Waals surface area contributed by atoms with Gasteiger partial charge in [0.15, 0.2) is 0 Å². The number of nitrogens with one attached hydrogen (secondary N) is 1. The summed E-state index contributed by atoms with van der Waals surface area (Å²) in [5, 5.41) is 13.1. The van der Waals surface area contributed by atoms with Gasteiger partial charge in [-0.3, -0.25) is 0 Å². The lowest BCUT2D eigenvalue weighted by Gasteiger charge is -2.16. The van der Waals surface area contributed by atoms with Crippen LogP contribution in [0.4, 0.5) is 0 Å². The van der Waals surface area contributed by atoms with Crippen LogP contribution in [0.25, 0.3) is 0 Å². The molecule has 1 aromatic carbocycles. The minimum absolute atomic E-state index is 0.254. The molecule has 20 heavy (non-hydrogen) atoms. The molecule has 0 aromatic heterocycles. The standard InChI is InChI=1S/C16H27NO3/c1-4-8-17-10-14-9-13(3)6-7-16(14)20-12-15(18)11-19-5-2/h6-7,9,15,17-18H,4-5,8,10-12H2,1-3H3. The molecular weight excluding hydrogens is 254 g/mol. The minimum atomic E-state index is -0.590. The maximum atomic E-state index is 9.74. The summed E-state index contributed by atoms with van der Waals surface area (Å²) in [5.74, 6) is 0.828. The Labute approximate surface area is 122 Å². The van der Waals surface area contributed by atoms with E-state index < -0.39 is 6.10 Å². The second-order valence-corrected chi connectivity index (χ2v) is 4.91. The van der Waals surface area contributed by atoms with E-state index in [1.165, 1.54) is 5.56 Å². The predicted molar refractivity (Wildman–Crippen MR) is 81.2 cm³/mol. The Hall–Kier alpha value is -1.10. The highest BCUT2D eigenvalue weighted by Gasteiger charge is 2.08. The predicted octanol–water partition coefficient (Wildman–Crippen LogP) is 2.27. The van der Waals surface area contributed by atoms with E-state index in [-0.39, 0.29) is 6.61 Å². The highest BCUT2D eigenvalue weighted by Crippen LogP contribution is 2.20. The Kier molecular flexibility index (Phi) is 8.26. The Bertz CT molecular complexity index is 382. The molecule has 1 atom stereocenters. The molecule has 0 saturated carbocycles. The van der Waals surface area contributed by atoms with E-state index in [9.17, 15) is 5.11 Å². The van der Waals surface area contributed by atoms with E-state index in [1.807, 2.05) is 19.1 Å². The number of aliphatic hydroxyl groups excluding tert-OH is 1. The van der Waals surface area contributed by atoms with Crippen molar-refractivity contribution in [3.05, 3.63) is 29.3 Å². The molecule has 0 aliphatic heterocycles. The van der Waals surface area contributed by atoms with Crippen LogP contribution in [0.15, 0.2) is 18.2 Å². The number of aliphatic hydroxyl groups is 1. The topological polar surface area (TPSA) is 50.7 Å². The summed E-state index contributed by atoms with van der Waals surface area (Å²) in [5.41, 5.74) is 2.34. The first-order valence-electron chi connectivity index (χ1n) is 7.36. The van der Waals surface area contributed by atoms with Gasteiger partial charge in [0.2, 0.25) is 0 Å². The highest BCUT2D eigenvalue weighted by molar-refractivity contribution is 5.36. The van der Waals surface area contributed by atoms with Gasteiger partial charge in [0, 0.05) is 18.7 Å². The van der Waals surface area contributed by atoms with E-state index in [0.29, 0.717) is 13.2 Å². The minimum Gasteiger partial charge on any atom is -0.490 e. The molecule has 114 valence electrons. The molecule has 0 heterocycles. The maximum absolute atomic E-state index is 9.74. The molecule has 0 amide bonds. The summed E-state index contributed by atoms with van der Waals surface area (Å²) in [7, 11) is 0. The Morgan fingerprint density at radius 1 is 1.25 bits per heavy atom. The number of aryl methyl sites for hydroxylation is 1. The molecule has 0 spiro atoms. The fourth-order valence-electron chi connectivity index (χ4n) is 1.88. The summed E-state index contributed by atoms with van der Waals surface area (Å²) in [6.07, 6.45) is 0.516. The lowest BCUT2D eigenvalue weighted by Crippen LogP contribution is -2.24. The maximum Gasteiger partial charge on any atom is 0.123 e. The van der Waals surface area contributed by atoms with Gasteiger partial charge in [0.05, 0.1) is 6.61 Å². The molecule has 4 heteroatoms. The molecule has 0 fully saturated rings. The third kappa shape index (κ3) is 6.37. The number of rotatable bonds is 10. The lowest BCUT2D eigenvalue weighted by atomic mass is 10.1. The van der Waals surface area contributed by atoms with Crippen molar-refractivity contribution in [2.24, 2.45) is 0 Å². The van der Waals surface area contributed by atoms with Crippen molar-refractivity contribution in [2.45, 2.75) is 39.8 Å². The van der Waals surface area contributed by atoms with Crippen LogP contribution in [0.2, 0.25) is 0 Å². The molecule has 1 aromatic rings. The van der Waals surface area contributed by atoms with Gasteiger partial charge < -0.3 is 19.9 Å². The molecule has 0 bridgehead atoms. The first-order valence-corrected chi connectivity index (χ1v) is 7.36. The summed E-state index contributed by atoms with van der Waals surface area (Å²) >= 11 is 0. The van der Waals surface area contributed by atoms with E-state index in [2.05, 4.69) is 25.2 Å². The summed E-state index contributed by atoms with van der Waals surface area (Å²) in [4.78, 5) is 0. The average molecular weight is 281 g/mol. The molecule has 0 aliphatic carbocycles. The molecule has 0 aliphatic rings. The van der Waals surface area contributed by atoms with Crippen LogP contribution in [-0.4, -0.2) is 37.6 Å². The van der Waals surface area contributed by atoms with Crippen molar-refractivity contribution in [3.63, 3.8) is 0 Å². The molecule has 2 N–H and O–H groups in total. The van der Waals surface area contributed by atoms with Gasteiger partial charge in [0.25, 0.3) is 0 Å². The van der Waals surface area contributed by atoms with Crippen LogP contribution >= 0.6 is 0 Å². The van der Waals surface area contributed by atoms with Crippen molar-refractivity contribution in [2.75, 3.05) is 26.4 Å². The molecule has 0 radical (unpaired) electrons. The number of benzene rings is 1. The zero-order valence-corrected chi connectivity index (χ0v) is 12.8. The largest absolute Gasteiger partial charge is 0.490 e. The van der Waals surface area contributed by atoms with E-state index in [1.54, 1.807) is 0 Å². The van der Waals surface area contributed by atoms with Crippen LogP contribution in [0.5, 0.6) is 5.75 Å². The first kappa shape index (κ1) is 17.0. The van der Waals surface area contributed by atoms with Crippen LogP contribution in [0, 0.1) is 6.92 Å². The van der Waals surface area contributed by atoms with Gasteiger partial charge in [-0.1, -0.05) is 24.6 Å². The summed E-state index contributed by atoms with van der Waals surface area (Å²) in [6, 6.07) is 6.10. The molecule has 1 unspecified atom stereocenters. The van der Waals surface area contributed by atoms with E-state index >= 15 is 0 Å². The van der Waals surface area contributed by atoms with Crippen molar-refractivity contribution in [1.29, 1.82) is 0 Å². The fraction of sp³-hybridized carbons (Fsp3) is 0.625. The van der Waals surface area contributed by atoms with Crippen molar-refractivity contribution in [3.8, 4) is 5.75 Å². The van der Waals surface area contributed by atoms with Crippen LogP contribution < -0.4 is 10.1 Å². The molecule has 0 saturated heterocycles. The quantitative estimate of drug-likeness (QED) is 0.646. The Morgan fingerprint density at radius 3 is 2.75 bits per heavy atom. The SMILES string of the molecule is CCCNCc1cc(C)ccc1OCC(O)COCC. The summed E-state index contributed by atoms with van der Waals surface area (Å²) in [6.45, 7) is 9.06. The second kappa shape index (κ2) is 9.75. The number of hydrogen-bond donors (Lipinski definition) is 2. The third-order valence-corrected chi connectivity index (χ3v) is 2.90. The Balaban J connectivity index is 2.54. The average Bonchev–Trinajstić information content (AvgIpc) is 2.44. The monoisotopic (exact) mass is 281 g/mol. The Morgan fingerprint density at radius 2 is 2.05 bits per heavy atom. The van der Waals surface area contributed by atoms with Crippen molar-refractivity contribution < 1.29 is 14.6 Å². The highest BCUT2D eigenvalue weighted by atomic mass is 16.5. The van der Waals surface area contributed by atoms with Gasteiger partial charge in [-0.15, -0.1) is 0 Å². The van der Waals surface area contributed by atoms with E-state index in [0.717, 1.165) is 30.8 Å². The molecular formula is C16H27NO3. The van der Waals surface area contributed by atoms with Crippen LogP contribution in [0.1, 0.15) is 31.4 Å². The summed E-state index contributed by atoms with van der Waals surface area (Å²) < 4.78 is 10.9. The number of hydrogen-bond acceptors (Lipinski definition) is 4. The van der Waals surface area contributed by atoms with Gasteiger partial charge >= 0.3 is 0 Å². The van der Waals surface area contributed by atoms with Gasteiger partial charge in [-0.2, -0.15) is 0 Å². The zero-order valence-electron chi connectivity index (χ0n) is 12.8. The molecule has 1 rings (SSSR count). The van der Waals surface area contributed by atoms with Gasteiger partial charge in [-0.25, -0.2) is 0 Å². The van der Waals surface area contributed by atoms with E-state index in [4.69, 9.17) is 9.47 Å². The smallest absolute Gasteiger partial charge is 0.123 e. The second-order valence-electron chi connectivity index (χ2n) is 4.91. The van der Waals surface area contributed by atoms with Gasteiger partial charge in [0.1, 0.15) is 18.5 Å². The lowest BCUT2D eigenvalue weighted by molar-refractivity contribution is 0.0162.